The van der Waals surface area contributed by atoms with Crippen molar-refractivity contribution in [3.05, 3.63) is 34.9 Å². The molecule has 0 radical (unpaired) electrons. The average molecular weight is 339 g/mol. The fraction of sp³-hybridized carbons (Fsp3) is 0.611. The fourth-order valence-corrected chi connectivity index (χ4v) is 2.88. The van der Waals surface area contributed by atoms with Crippen molar-refractivity contribution in [1.29, 1.82) is 0 Å². The van der Waals surface area contributed by atoms with Crippen molar-refractivity contribution in [2.75, 3.05) is 20.1 Å². The number of likely N-dealkylation sites (N-methyl/N-ethyl adjacent to an activating group) is 1. The lowest BCUT2D eigenvalue weighted by atomic mass is 9.76. The molecule has 0 aliphatic heterocycles. The first-order valence-corrected chi connectivity index (χ1v) is 8.55. The van der Waals surface area contributed by atoms with E-state index in [1.807, 2.05) is 32.9 Å². The molecule has 1 aliphatic carbocycles. The van der Waals surface area contributed by atoms with Crippen molar-refractivity contribution < 1.29 is 9.53 Å². The molecule has 1 aliphatic rings. The predicted molar refractivity (Wildman–Crippen MR) is 94.1 cm³/mol. The molecule has 1 aromatic carbocycles. The van der Waals surface area contributed by atoms with E-state index in [-0.39, 0.29) is 6.09 Å². The van der Waals surface area contributed by atoms with E-state index in [1.165, 1.54) is 5.56 Å². The molecule has 23 heavy (non-hydrogen) atoms. The highest BCUT2D eigenvalue weighted by Crippen LogP contribution is 2.37. The van der Waals surface area contributed by atoms with Crippen LogP contribution in [0.1, 0.15) is 45.1 Å². The Morgan fingerprint density at radius 1 is 1.39 bits per heavy atom. The predicted octanol–water partition coefficient (Wildman–Crippen LogP) is 4.04. The minimum absolute atomic E-state index is 0.273. The lowest BCUT2D eigenvalue weighted by Gasteiger charge is -2.37. The van der Waals surface area contributed by atoms with E-state index >= 15 is 0 Å². The van der Waals surface area contributed by atoms with Crippen LogP contribution in [0.3, 0.4) is 0 Å². The van der Waals surface area contributed by atoms with Gasteiger partial charge in [-0.1, -0.05) is 23.7 Å². The van der Waals surface area contributed by atoms with Crippen molar-refractivity contribution in [2.45, 2.75) is 51.2 Å². The highest BCUT2D eigenvalue weighted by molar-refractivity contribution is 6.30. The molecule has 4 nitrogen and oxygen atoms in total. The number of hydrogen-bond acceptors (Lipinski definition) is 3. The maximum absolute atomic E-state index is 11.9. The summed E-state index contributed by atoms with van der Waals surface area (Å²) in [6.45, 7) is 7.06. The Morgan fingerprint density at radius 3 is 2.70 bits per heavy atom. The molecular formula is C18H27ClN2O2. The lowest BCUT2D eigenvalue weighted by Crippen LogP contribution is -2.44. The summed E-state index contributed by atoms with van der Waals surface area (Å²) in [4.78, 5) is 13.5. The van der Waals surface area contributed by atoms with Gasteiger partial charge in [-0.05, 0) is 57.2 Å². The molecular weight excluding hydrogens is 312 g/mol. The molecule has 0 atom stereocenters. The Kier molecular flexibility index (Phi) is 5.93. The maximum atomic E-state index is 11.9. The number of carbonyl (C=O) groups excluding carboxylic acids is 1. The highest BCUT2D eigenvalue weighted by Gasteiger charge is 2.30. The Hall–Kier alpha value is -1.26. The van der Waals surface area contributed by atoms with Crippen LogP contribution in [0.2, 0.25) is 5.02 Å². The van der Waals surface area contributed by atoms with Crippen LogP contribution < -0.4 is 5.32 Å². The van der Waals surface area contributed by atoms with Crippen LogP contribution in [0, 0.1) is 0 Å². The van der Waals surface area contributed by atoms with Gasteiger partial charge < -0.3 is 15.0 Å². The molecule has 1 amide bonds. The van der Waals surface area contributed by atoms with E-state index < -0.39 is 5.60 Å². The van der Waals surface area contributed by atoms with Crippen LogP contribution in [0.5, 0.6) is 0 Å². The first-order chi connectivity index (χ1) is 10.7. The Labute approximate surface area is 144 Å². The Bertz CT molecular complexity index is 536. The molecule has 0 spiro atoms. The van der Waals surface area contributed by atoms with Crippen LogP contribution in [0.4, 0.5) is 4.79 Å². The van der Waals surface area contributed by atoms with Crippen molar-refractivity contribution >= 4 is 17.7 Å². The molecule has 1 fully saturated rings. The first kappa shape index (κ1) is 18.1. The van der Waals surface area contributed by atoms with Gasteiger partial charge in [-0.3, -0.25) is 0 Å². The third-order valence-electron chi connectivity index (χ3n) is 4.04. The zero-order valence-electron chi connectivity index (χ0n) is 14.4. The molecule has 0 unspecified atom stereocenters. The molecule has 1 saturated carbocycles. The third kappa shape index (κ3) is 5.70. The summed E-state index contributed by atoms with van der Waals surface area (Å²) in [5.74, 6) is 0.592. The van der Waals surface area contributed by atoms with Crippen LogP contribution in [-0.2, 0) is 4.74 Å². The second-order valence-electron chi connectivity index (χ2n) is 7.28. The zero-order chi connectivity index (χ0) is 17.0. The van der Waals surface area contributed by atoms with Crippen molar-refractivity contribution in [1.82, 2.24) is 10.2 Å². The molecule has 0 aromatic heterocycles. The van der Waals surface area contributed by atoms with Crippen molar-refractivity contribution in [2.24, 2.45) is 0 Å². The van der Waals surface area contributed by atoms with Gasteiger partial charge in [0.1, 0.15) is 5.60 Å². The summed E-state index contributed by atoms with van der Waals surface area (Å²) >= 11 is 6.04. The second kappa shape index (κ2) is 7.54. The monoisotopic (exact) mass is 338 g/mol. The normalized spacial score (nSPS) is 20.7. The minimum Gasteiger partial charge on any atom is -0.444 e. The standard InChI is InChI=1S/C18H27ClN2O2/c1-18(2,3)23-17(22)21(4)9-8-20-16-11-14(12-16)13-6-5-7-15(19)10-13/h5-7,10,14,16,20H,8-9,11-12H2,1-4H3. The number of carbonyl (C=O) groups is 1. The summed E-state index contributed by atoms with van der Waals surface area (Å²) in [5, 5.41) is 4.30. The maximum Gasteiger partial charge on any atom is 0.410 e. The van der Waals surface area contributed by atoms with Gasteiger partial charge in [0.25, 0.3) is 0 Å². The molecule has 5 heteroatoms. The topological polar surface area (TPSA) is 41.6 Å². The summed E-state index contributed by atoms with van der Waals surface area (Å²) in [5.41, 5.74) is 0.873. The number of hydrogen-bond donors (Lipinski definition) is 1. The average Bonchev–Trinajstić information content (AvgIpc) is 2.39. The van der Waals surface area contributed by atoms with Gasteiger partial charge in [-0.15, -0.1) is 0 Å². The van der Waals surface area contributed by atoms with Gasteiger partial charge in [0.05, 0.1) is 0 Å². The number of nitrogens with one attached hydrogen (secondary N) is 1. The number of rotatable bonds is 5. The molecule has 2 rings (SSSR count). The van der Waals surface area contributed by atoms with Crippen molar-refractivity contribution in [3.63, 3.8) is 0 Å². The summed E-state index contributed by atoms with van der Waals surface area (Å²) < 4.78 is 5.33. The second-order valence-corrected chi connectivity index (χ2v) is 7.71. The highest BCUT2D eigenvalue weighted by atomic mass is 35.5. The van der Waals surface area contributed by atoms with Crippen LogP contribution >= 0.6 is 11.6 Å². The van der Waals surface area contributed by atoms with Gasteiger partial charge in [-0.2, -0.15) is 0 Å². The van der Waals surface area contributed by atoms with E-state index in [9.17, 15) is 4.79 Å². The van der Waals surface area contributed by atoms with E-state index in [0.29, 0.717) is 18.5 Å². The van der Waals surface area contributed by atoms with Crippen LogP contribution in [-0.4, -0.2) is 42.8 Å². The van der Waals surface area contributed by atoms with Gasteiger partial charge in [0, 0.05) is 31.2 Å². The van der Waals surface area contributed by atoms with E-state index in [1.54, 1.807) is 11.9 Å². The summed E-state index contributed by atoms with van der Waals surface area (Å²) in [6, 6.07) is 8.63. The molecule has 1 aromatic rings. The van der Waals surface area contributed by atoms with E-state index in [4.69, 9.17) is 16.3 Å². The molecule has 1 N–H and O–H groups in total. The van der Waals surface area contributed by atoms with Crippen LogP contribution in [0.15, 0.2) is 24.3 Å². The quantitative estimate of drug-likeness (QED) is 0.880. The van der Waals surface area contributed by atoms with Crippen molar-refractivity contribution in [3.8, 4) is 0 Å². The van der Waals surface area contributed by atoms with Gasteiger partial charge in [0.2, 0.25) is 0 Å². The molecule has 0 heterocycles. The summed E-state index contributed by atoms with van der Waals surface area (Å²) in [7, 11) is 1.77. The van der Waals surface area contributed by atoms with Crippen LogP contribution in [0.25, 0.3) is 0 Å². The molecule has 0 saturated heterocycles. The number of amides is 1. The minimum atomic E-state index is -0.447. The van der Waals surface area contributed by atoms with E-state index in [2.05, 4.69) is 17.4 Å². The third-order valence-corrected chi connectivity index (χ3v) is 4.28. The zero-order valence-corrected chi connectivity index (χ0v) is 15.2. The van der Waals surface area contributed by atoms with Gasteiger partial charge >= 0.3 is 6.09 Å². The Morgan fingerprint density at radius 2 is 2.09 bits per heavy atom. The fourth-order valence-electron chi connectivity index (χ4n) is 2.68. The first-order valence-electron chi connectivity index (χ1n) is 8.17. The molecule has 128 valence electrons. The largest absolute Gasteiger partial charge is 0.444 e. The Balaban J connectivity index is 1.64. The number of ether oxygens (including phenoxy) is 1. The number of halogens is 1. The molecule has 0 bridgehead atoms. The smallest absolute Gasteiger partial charge is 0.410 e. The SMILES string of the molecule is CN(CCNC1CC(c2cccc(Cl)c2)C1)C(=O)OC(C)(C)C. The van der Waals surface area contributed by atoms with Gasteiger partial charge in [0.15, 0.2) is 0 Å². The lowest BCUT2D eigenvalue weighted by molar-refractivity contribution is 0.0298. The number of nitrogens with zero attached hydrogens (tertiary/aromatic N) is 1. The van der Waals surface area contributed by atoms with E-state index in [0.717, 1.165) is 24.4 Å². The van der Waals surface area contributed by atoms with Gasteiger partial charge in [-0.25, -0.2) is 4.79 Å². The summed E-state index contributed by atoms with van der Waals surface area (Å²) in [6.07, 6.45) is 1.97. The number of benzene rings is 1.